The molecule has 5 heteroatoms. The number of anilines is 1. The molecule has 0 aliphatic carbocycles. The molecule has 1 saturated heterocycles. The van der Waals surface area contributed by atoms with Crippen molar-refractivity contribution in [2.75, 3.05) is 11.9 Å². The van der Waals surface area contributed by atoms with Crippen molar-refractivity contribution in [3.05, 3.63) is 48.8 Å². The van der Waals surface area contributed by atoms with Crippen molar-refractivity contribution < 1.29 is 0 Å². The Morgan fingerprint density at radius 3 is 2.36 bits per heavy atom. The van der Waals surface area contributed by atoms with Crippen molar-refractivity contribution in [1.82, 2.24) is 20.5 Å². The van der Waals surface area contributed by atoms with E-state index in [2.05, 4.69) is 90.5 Å². The number of rotatable bonds is 3. The van der Waals surface area contributed by atoms with Gasteiger partial charge in [-0.25, -0.2) is 0 Å². The summed E-state index contributed by atoms with van der Waals surface area (Å²) >= 11 is 0. The van der Waals surface area contributed by atoms with Crippen LogP contribution in [0.4, 0.5) is 5.82 Å². The molecule has 0 radical (unpaired) electrons. The molecule has 1 N–H and O–H groups in total. The van der Waals surface area contributed by atoms with Crippen LogP contribution in [-0.2, 0) is 0 Å². The molecule has 2 aromatic heterocycles. The smallest absolute Gasteiger partial charge is 0.151 e. The van der Waals surface area contributed by atoms with E-state index in [1.807, 2.05) is 18.5 Å². The number of hydrogen-bond acceptors (Lipinski definition) is 5. The van der Waals surface area contributed by atoms with E-state index in [9.17, 15) is 0 Å². The second-order valence-corrected chi connectivity index (χ2v) is 9.28. The minimum atomic E-state index is 0.105. The maximum atomic E-state index is 4.55. The molecule has 3 aromatic rings. The second kappa shape index (κ2) is 6.82. The largest absolute Gasteiger partial charge is 0.355 e. The first-order valence-corrected chi connectivity index (χ1v) is 9.93. The SMILES string of the molecule is CN(c1ccc(-c2ccc3cnccc3c2)nn1)C1CC(C)(C)NC(C)(C)C1. The molecule has 1 aliphatic rings. The van der Waals surface area contributed by atoms with Gasteiger partial charge in [0.2, 0.25) is 0 Å². The Morgan fingerprint density at radius 2 is 1.68 bits per heavy atom. The molecule has 3 heterocycles. The Morgan fingerprint density at radius 1 is 0.929 bits per heavy atom. The first-order chi connectivity index (χ1) is 13.2. The van der Waals surface area contributed by atoms with Gasteiger partial charge in [0.15, 0.2) is 5.82 Å². The van der Waals surface area contributed by atoms with Gasteiger partial charge in [-0.3, -0.25) is 4.98 Å². The third-order valence-electron chi connectivity index (χ3n) is 5.66. The Kier molecular flexibility index (Phi) is 4.58. The standard InChI is InChI=1S/C23H29N5/c1-22(2)13-19(14-23(3,4)27-22)28(5)21-9-8-20(25-26-21)17-6-7-18-15-24-11-10-16(18)12-17/h6-12,15,19,27H,13-14H2,1-5H3. The lowest BCUT2D eigenvalue weighted by atomic mass is 9.79. The highest BCUT2D eigenvalue weighted by Crippen LogP contribution is 2.33. The molecule has 146 valence electrons. The van der Waals surface area contributed by atoms with Crippen molar-refractivity contribution in [2.45, 2.75) is 57.7 Å². The zero-order valence-corrected chi connectivity index (χ0v) is 17.4. The third kappa shape index (κ3) is 3.85. The van der Waals surface area contributed by atoms with Crippen LogP contribution in [0, 0.1) is 0 Å². The summed E-state index contributed by atoms with van der Waals surface area (Å²) in [5.74, 6) is 0.923. The van der Waals surface area contributed by atoms with Gasteiger partial charge in [0.1, 0.15) is 0 Å². The van der Waals surface area contributed by atoms with Gasteiger partial charge in [-0.05, 0) is 70.2 Å². The molecule has 1 fully saturated rings. The first kappa shape index (κ1) is 18.8. The molecule has 0 bridgehead atoms. The third-order valence-corrected chi connectivity index (χ3v) is 5.66. The molecule has 0 spiro atoms. The zero-order valence-electron chi connectivity index (χ0n) is 17.4. The Hall–Kier alpha value is -2.53. The maximum Gasteiger partial charge on any atom is 0.151 e. The monoisotopic (exact) mass is 375 g/mol. The molecule has 0 atom stereocenters. The van der Waals surface area contributed by atoms with E-state index in [0.717, 1.165) is 40.7 Å². The average molecular weight is 376 g/mol. The van der Waals surface area contributed by atoms with E-state index in [0.29, 0.717) is 6.04 Å². The first-order valence-electron chi connectivity index (χ1n) is 9.93. The maximum absolute atomic E-state index is 4.55. The van der Waals surface area contributed by atoms with Crippen molar-refractivity contribution in [2.24, 2.45) is 0 Å². The number of piperidine rings is 1. The van der Waals surface area contributed by atoms with Gasteiger partial charge in [-0.15, -0.1) is 10.2 Å². The van der Waals surface area contributed by atoms with E-state index in [-0.39, 0.29) is 11.1 Å². The van der Waals surface area contributed by atoms with E-state index in [1.54, 1.807) is 0 Å². The summed E-state index contributed by atoms with van der Waals surface area (Å²) < 4.78 is 0. The van der Waals surface area contributed by atoms with Gasteiger partial charge in [0.05, 0.1) is 5.69 Å². The molecular formula is C23H29N5. The highest BCUT2D eigenvalue weighted by Gasteiger charge is 2.39. The summed E-state index contributed by atoms with van der Waals surface area (Å²) in [6.07, 6.45) is 5.85. The number of benzene rings is 1. The van der Waals surface area contributed by atoms with Crippen molar-refractivity contribution in [3.8, 4) is 11.3 Å². The fraction of sp³-hybridized carbons (Fsp3) is 0.435. The predicted molar refractivity (Wildman–Crippen MR) is 115 cm³/mol. The Balaban J connectivity index is 1.57. The van der Waals surface area contributed by atoms with Crippen LogP contribution in [0.15, 0.2) is 48.8 Å². The average Bonchev–Trinajstić information content (AvgIpc) is 2.65. The normalized spacial score (nSPS) is 18.9. The van der Waals surface area contributed by atoms with Crippen LogP contribution in [0.3, 0.4) is 0 Å². The number of pyridine rings is 1. The lowest BCUT2D eigenvalue weighted by Gasteiger charge is -2.49. The number of nitrogens with zero attached hydrogens (tertiary/aromatic N) is 4. The molecular weight excluding hydrogens is 346 g/mol. The summed E-state index contributed by atoms with van der Waals surface area (Å²) in [6, 6.07) is 12.9. The molecule has 1 aromatic carbocycles. The van der Waals surface area contributed by atoms with Crippen LogP contribution >= 0.6 is 0 Å². The minimum Gasteiger partial charge on any atom is -0.355 e. The van der Waals surface area contributed by atoms with Crippen LogP contribution < -0.4 is 10.2 Å². The summed E-state index contributed by atoms with van der Waals surface area (Å²) in [5.41, 5.74) is 2.17. The minimum absolute atomic E-state index is 0.105. The highest BCUT2D eigenvalue weighted by molar-refractivity contribution is 5.85. The van der Waals surface area contributed by atoms with Gasteiger partial charge in [0, 0.05) is 47.5 Å². The van der Waals surface area contributed by atoms with E-state index in [4.69, 9.17) is 0 Å². The fourth-order valence-corrected chi connectivity index (χ4v) is 4.64. The zero-order chi connectivity index (χ0) is 19.9. The predicted octanol–water partition coefficient (Wildman–Crippen LogP) is 4.44. The van der Waals surface area contributed by atoms with Gasteiger partial charge >= 0.3 is 0 Å². The summed E-state index contributed by atoms with van der Waals surface area (Å²) in [6.45, 7) is 9.11. The number of hydrogen-bond donors (Lipinski definition) is 1. The molecule has 0 saturated carbocycles. The van der Waals surface area contributed by atoms with Gasteiger partial charge in [0.25, 0.3) is 0 Å². The van der Waals surface area contributed by atoms with Crippen molar-refractivity contribution in [1.29, 1.82) is 0 Å². The van der Waals surface area contributed by atoms with Crippen LogP contribution in [0.1, 0.15) is 40.5 Å². The van der Waals surface area contributed by atoms with Gasteiger partial charge in [-0.1, -0.05) is 12.1 Å². The number of nitrogens with one attached hydrogen (secondary N) is 1. The summed E-state index contributed by atoms with van der Waals surface area (Å²) in [4.78, 5) is 6.46. The number of aromatic nitrogens is 3. The van der Waals surface area contributed by atoms with Gasteiger partial charge < -0.3 is 10.2 Å². The molecule has 1 aliphatic heterocycles. The highest BCUT2D eigenvalue weighted by atomic mass is 15.3. The van der Waals surface area contributed by atoms with Gasteiger partial charge in [-0.2, -0.15) is 0 Å². The Labute approximate surface area is 167 Å². The molecule has 5 nitrogen and oxygen atoms in total. The van der Waals surface area contributed by atoms with Crippen molar-refractivity contribution >= 4 is 16.6 Å². The van der Waals surface area contributed by atoms with Crippen LogP contribution in [0.2, 0.25) is 0 Å². The summed E-state index contributed by atoms with van der Waals surface area (Å²) in [7, 11) is 2.13. The topological polar surface area (TPSA) is 53.9 Å². The molecule has 0 amide bonds. The van der Waals surface area contributed by atoms with Crippen molar-refractivity contribution in [3.63, 3.8) is 0 Å². The van der Waals surface area contributed by atoms with Crippen LogP contribution in [0.25, 0.3) is 22.0 Å². The van der Waals surface area contributed by atoms with Crippen LogP contribution in [-0.4, -0.2) is 39.3 Å². The van der Waals surface area contributed by atoms with E-state index in [1.165, 1.54) is 0 Å². The molecule has 0 unspecified atom stereocenters. The Bertz CT molecular complexity index is 962. The quantitative estimate of drug-likeness (QED) is 0.733. The van der Waals surface area contributed by atoms with E-state index < -0.39 is 0 Å². The van der Waals surface area contributed by atoms with Crippen LogP contribution in [0.5, 0.6) is 0 Å². The number of fused-ring (bicyclic) bond motifs is 1. The molecule has 28 heavy (non-hydrogen) atoms. The second-order valence-electron chi connectivity index (χ2n) is 9.28. The lowest BCUT2D eigenvalue weighted by Crippen LogP contribution is -2.62. The fourth-order valence-electron chi connectivity index (χ4n) is 4.64. The lowest BCUT2D eigenvalue weighted by molar-refractivity contribution is 0.160. The summed E-state index contributed by atoms with van der Waals surface area (Å²) in [5, 5.41) is 15.1. The molecule has 4 rings (SSSR count). The van der Waals surface area contributed by atoms with E-state index >= 15 is 0 Å².